The SMILES string of the molecule is COC1C(C(C)OP(=O)(O)O)OC(n2ccc(=O)[nH]c2=O)C1OC. The lowest BCUT2D eigenvalue weighted by molar-refractivity contribution is -0.0832. The van der Waals surface area contributed by atoms with Crippen molar-refractivity contribution < 1.29 is 33.1 Å². The molecule has 0 spiro atoms. The molecule has 1 aromatic rings. The van der Waals surface area contributed by atoms with Crippen LogP contribution in [-0.2, 0) is 23.3 Å². The molecule has 5 unspecified atom stereocenters. The fraction of sp³-hybridized carbons (Fsp3) is 0.667. The van der Waals surface area contributed by atoms with E-state index < -0.39 is 49.7 Å². The Morgan fingerprint density at radius 3 is 2.42 bits per heavy atom. The zero-order valence-electron chi connectivity index (χ0n) is 13.2. The molecule has 1 aromatic heterocycles. The molecule has 12 heteroatoms. The van der Waals surface area contributed by atoms with Crippen LogP contribution in [0.4, 0.5) is 0 Å². The Hall–Kier alpha value is -1.33. The van der Waals surface area contributed by atoms with Gasteiger partial charge in [0.2, 0.25) is 0 Å². The Kier molecular flexibility index (Phi) is 5.76. The summed E-state index contributed by atoms with van der Waals surface area (Å²) >= 11 is 0. The zero-order valence-corrected chi connectivity index (χ0v) is 14.1. The first-order valence-electron chi connectivity index (χ1n) is 6.94. The van der Waals surface area contributed by atoms with Gasteiger partial charge in [0.25, 0.3) is 5.56 Å². The molecule has 1 aliphatic heterocycles. The van der Waals surface area contributed by atoms with Crippen molar-refractivity contribution in [3.8, 4) is 0 Å². The molecule has 0 bridgehead atoms. The fourth-order valence-corrected chi connectivity index (χ4v) is 3.24. The third kappa shape index (κ3) is 4.01. The van der Waals surface area contributed by atoms with E-state index in [0.29, 0.717) is 0 Å². The van der Waals surface area contributed by atoms with Gasteiger partial charge in [0.15, 0.2) is 6.23 Å². The van der Waals surface area contributed by atoms with Gasteiger partial charge >= 0.3 is 13.5 Å². The van der Waals surface area contributed by atoms with Gasteiger partial charge in [-0.1, -0.05) is 0 Å². The Balaban J connectivity index is 2.35. The topological polar surface area (TPSA) is 149 Å². The van der Waals surface area contributed by atoms with Gasteiger partial charge in [-0.25, -0.2) is 9.36 Å². The van der Waals surface area contributed by atoms with Crippen molar-refractivity contribution in [1.29, 1.82) is 0 Å². The third-order valence-electron chi connectivity index (χ3n) is 3.66. The largest absolute Gasteiger partial charge is 0.469 e. The number of hydrogen-bond donors (Lipinski definition) is 3. The van der Waals surface area contributed by atoms with E-state index in [-0.39, 0.29) is 0 Å². The Morgan fingerprint density at radius 2 is 1.92 bits per heavy atom. The van der Waals surface area contributed by atoms with Crippen molar-refractivity contribution in [1.82, 2.24) is 9.55 Å². The van der Waals surface area contributed by atoms with E-state index in [0.717, 1.165) is 10.6 Å². The molecule has 0 radical (unpaired) electrons. The van der Waals surface area contributed by atoms with Crippen LogP contribution in [0.25, 0.3) is 0 Å². The molecule has 1 fully saturated rings. The average Bonchev–Trinajstić information content (AvgIpc) is 2.83. The first kappa shape index (κ1) is 19.0. The molecule has 1 saturated heterocycles. The van der Waals surface area contributed by atoms with Crippen LogP contribution in [0.15, 0.2) is 21.9 Å². The Bertz CT molecular complexity index is 726. The zero-order chi connectivity index (χ0) is 18.1. The summed E-state index contributed by atoms with van der Waals surface area (Å²) in [5.41, 5.74) is -1.28. The lowest BCUT2D eigenvalue weighted by atomic mass is 10.1. The normalized spacial score (nSPS) is 28.9. The summed E-state index contributed by atoms with van der Waals surface area (Å²) in [6.07, 6.45) is -3.24. The van der Waals surface area contributed by atoms with Crippen molar-refractivity contribution in [2.45, 2.75) is 37.6 Å². The first-order valence-corrected chi connectivity index (χ1v) is 8.47. The van der Waals surface area contributed by atoms with Gasteiger partial charge in [0.05, 0.1) is 6.10 Å². The van der Waals surface area contributed by atoms with Gasteiger partial charge in [0, 0.05) is 26.5 Å². The Labute approximate surface area is 136 Å². The highest BCUT2D eigenvalue weighted by molar-refractivity contribution is 7.46. The molecular formula is C12H19N2O9P. The van der Waals surface area contributed by atoms with E-state index in [1.54, 1.807) is 0 Å². The van der Waals surface area contributed by atoms with Gasteiger partial charge in [0.1, 0.15) is 18.3 Å². The number of nitrogens with one attached hydrogen (secondary N) is 1. The average molecular weight is 366 g/mol. The summed E-state index contributed by atoms with van der Waals surface area (Å²) < 4.78 is 33.1. The quantitative estimate of drug-likeness (QED) is 0.537. The minimum atomic E-state index is -4.74. The van der Waals surface area contributed by atoms with E-state index in [4.69, 9.17) is 24.0 Å². The van der Waals surface area contributed by atoms with Crippen molar-refractivity contribution in [3.05, 3.63) is 33.1 Å². The molecule has 0 amide bonds. The van der Waals surface area contributed by atoms with E-state index in [2.05, 4.69) is 9.51 Å². The van der Waals surface area contributed by atoms with Crippen molar-refractivity contribution >= 4 is 7.82 Å². The maximum absolute atomic E-state index is 12.0. The summed E-state index contributed by atoms with van der Waals surface area (Å²) in [5.74, 6) is 0. The molecule has 5 atom stereocenters. The number of ether oxygens (including phenoxy) is 3. The second kappa shape index (κ2) is 7.28. The molecule has 2 rings (SSSR count). The number of methoxy groups -OCH3 is 2. The maximum Gasteiger partial charge on any atom is 0.469 e. The van der Waals surface area contributed by atoms with Gasteiger partial charge in [-0.15, -0.1) is 0 Å². The molecule has 24 heavy (non-hydrogen) atoms. The Morgan fingerprint density at radius 1 is 1.29 bits per heavy atom. The molecule has 3 N–H and O–H groups in total. The summed E-state index contributed by atoms with van der Waals surface area (Å²) in [5, 5.41) is 0. The number of aromatic amines is 1. The molecular weight excluding hydrogens is 347 g/mol. The molecule has 1 aliphatic rings. The monoisotopic (exact) mass is 366 g/mol. The van der Waals surface area contributed by atoms with E-state index in [1.807, 2.05) is 0 Å². The number of nitrogens with zero attached hydrogens (tertiary/aromatic N) is 1. The number of H-pyrrole nitrogens is 1. The van der Waals surface area contributed by atoms with Crippen LogP contribution >= 0.6 is 7.82 Å². The van der Waals surface area contributed by atoms with Crippen LogP contribution in [0, 0.1) is 0 Å². The van der Waals surface area contributed by atoms with Crippen LogP contribution in [-0.4, -0.2) is 58.0 Å². The fourth-order valence-electron chi connectivity index (χ4n) is 2.69. The molecule has 0 aliphatic carbocycles. The number of hydrogen-bond acceptors (Lipinski definition) is 7. The summed E-state index contributed by atoms with van der Waals surface area (Å²) in [7, 11) is -1.99. The molecule has 136 valence electrons. The van der Waals surface area contributed by atoms with Gasteiger partial charge in [-0.2, -0.15) is 0 Å². The highest BCUT2D eigenvalue weighted by Gasteiger charge is 2.50. The standard InChI is InChI=1S/C12H19N2O9P/c1-6(23-24(17,18)19)8-9(20-2)10(21-3)11(22-8)14-5-4-7(15)13-12(14)16/h4-6,8-11H,1-3H3,(H,13,15,16)(H2,17,18,19). The summed E-state index contributed by atoms with van der Waals surface area (Å²) in [6.45, 7) is 1.40. The second-order valence-electron chi connectivity index (χ2n) is 5.21. The predicted molar refractivity (Wildman–Crippen MR) is 79.4 cm³/mol. The van der Waals surface area contributed by atoms with Gasteiger partial charge < -0.3 is 24.0 Å². The van der Waals surface area contributed by atoms with E-state index >= 15 is 0 Å². The highest BCUT2D eigenvalue weighted by Crippen LogP contribution is 2.42. The maximum atomic E-state index is 12.0. The van der Waals surface area contributed by atoms with Crippen LogP contribution < -0.4 is 11.2 Å². The predicted octanol–water partition coefficient (Wildman–Crippen LogP) is -1.04. The van der Waals surface area contributed by atoms with E-state index in [9.17, 15) is 14.2 Å². The van der Waals surface area contributed by atoms with Crippen molar-refractivity contribution in [2.75, 3.05) is 14.2 Å². The van der Waals surface area contributed by atoms with E-state index in [1.165, 1.54) is 27.3 Å². The molecule has 0 saturated carbocycles. The number of phosphoric ester groups is 1. The highest BCUT2D eigenvalue weighted by atomic mass is 31.2. The van der Waals surface area contributed by atoms with Gasteiger partial charge in [-0.05, 0) is 6.92 Å². The smallest absolute Gasteiger partial charge is 0.376 e. The minimum Gasteiger partial charge on any atom is -0.376 e. The lowest BCUT2D eigenvalue weighted by Crippen LogP contribution is -2.41. The summed E-state index contributed by atoms with van der Waals surface area (Å²) in [6, 6.07) is 1.14. The first-order chi connectivity index (χ1) is 11.2. The summed E-state index contributed by atoms with van der Waals surface area (Å²) in [4.78, 5) is 43.2. The number of rotatable bonds is 6. The molecule has 11 nitrogen and oxygen atoms in total. The number of phosphoric acid groups is 1. The number of aromatic nitrogens is 2. The van der Waals surface area contributed by atoms with Gasteiger partial charge in [-0.3, -0.25) is 18.9 Å². The van der Waals surface area contributed by atoms with Crippen molar-refractivity contribution in [2.24, 2.45) is 0 Å². The molecule has 0 aromatic carbocycles. The third-order valence-corrected chi connectivity index (χ3v) is 4.27. The second-order valence-corrected chi connectivity index (χ2v) is 6.40. The van der Waals surface area contributed by atoms with Crippen molar-refractivity contribution in [3.63, 3.8) is 0 Å². The van der Waals surface area contributed by atoms with Crippen LogP contribution in [0.3, 0.4) is 0 Å². The lowest BCUT2D eigenvalue weighted by Gasteiger charge is -2.25. The molecule has 2 heterocycles. The minimum absolute atomic E-state index is 0.568. The van der Waals surface area contributed by atoms with Crippen LogP contribution in [0.5, 0.6) is 0 Å². The van der Waals surface area contributed by atoms with Crippen LogP contribution in [0.2, 0.25) is 0 Å². The van der Waals surface area contributed by atoms with Crippen LogP contribution in [0.1, 0.15) is 13.2 Å².